The third kappa shape index (κ3) is 1.65. The van der Waals surface area contributed by atoms with E-state index in [1.807, 2.05) is 0 Å². The van der Waals surface area contributed by atoms with Crippen LogP contribution in [0.2, 0.25) is 0 Å². The quantitative estimate of drug-likeness (QED) is 0.797. The van der Waals surface area contributed by atoms with Gasteiger partial charge in [-0.3, -0.25) is 0 Å². The van der Waals surface area contributed by atoms with Gasteiger partial charge >= 0.3 is 5.97 Å². The van der Waals surface area contributed by atoms with Gasteiger partial charge in [-0.2, -0.15) is 0 Å². The topological polar surface area (TPSA) is 76.2 Å². The third-order valence-corrected chi connectivity index (χ3v) is 3.67. The highest BCUT2D eigenvalue weighted by atomic mass is 32.1. The Morgan fingerprint density at radius 1 is 1.71 bits per heavy atom. The number of carboxylic acids is 1. The Kier molecular flexibility index (Phi) is 2.28. The average Bonchev–Trinajstić information content (AvgIpc) is 2.88. The molecule has 0 aromatic carbocycles. The van der Waals surface area contributed by atoms with E-state index in [9.17, 15) is 4.79 Å². The molecule has 0 saturated heterocycles. The summed E-state index contributed by atoms with van der Waals surface area (Å²) in [5, 5.41) is 9.61. The van der Waals surface area contributed by atoms with Crippen LogP contribution >= 0.6 is 11.3 Å². The molecular weight excluding hydrogens is 200 g/mol. The zero-order valence-corrected chi connectivity index (χ0v) is 8.67. The van der Waals surface area contributed by atoms with E-state index in [0.717, 1.165) is 17.8 Å². The van der Waals surface area contributed by atoms with E-state index in [1.54, 1.807) is 6.92 Å². The maximum Gasteiger partial charge on any atom is 0.347 e. The molecule has 1 aliphatic rings. The average molecular weight is 212 g/mol. The normalized spacial score (nSPS) is 18.1. The number of aromatic carboxylic acids is 1. The van der Waals surface area contributed by atoms with E-state index in [-0.39, 0.29) is 6.04 Å². The third-order valence-electron chi connectivity index (χ3n) is 2.42. The Labute approximate surface area is 85.8 Å². The van der Waals surface area contributed by atoms with Crippen molar-refractivity contribution < 1.29 is 9.90 Å². The largest absolute Gasteiger partial charge is 0.477 e. The first-order valence-electron chi connectivity index (χ1n) is 4.56. The van der Waals surface area contributed by atoms with Crippen molar-refractivity contribution in [2.75, 3.05) is 0 Å². The molecule has 0 aliphatic heterocycles. The highest BCUT2D eigenvalue weighted by Gasteiger charge is 2.32. The second-order valence-electron chi connectivity index (χ2n) is 3.64. The van der Waals surface area contributed by atoms with Crippen LogP contribution in [0.4, 0.5) is 0 Å². The van der Waals surface area contributed by atoms with Crippen molar-refractivity contribution in [1.29, 1.82) is 0 Å². The van der Waals surface area contributed by atoms with Crippen LogP contribution in [0.5, 0.6) is 0 Å². The predicted octanol–water partition coefficient (Wildman–Crippen LogP) is 1.56. The minimum Gasteiger partial charge on any atom is -0.477 e. The zero-order chi connectivity index (χ0) is 10.3. The Bertz CT molecular complexity index is 371. The number of carboxylic acid groups (broad SMARTS) is 1. The summed E-state index contributed by atoms with van der Waals surface area (Å²) in [5.41, 5.74) is 6.52. The molecule has 1 aromatic rings. The molecule has 1 heterocycles. The van der Waals surface area contributed by atoms with E-state index in [0.29, 0.717) is 16.5 Å². The molecule has 4 nitrogen and oxygen atoms in total. The summed E-state index contributed by atoms with van der Waals surface area (Å²) in [6.45, 7) is 1.71. The lowest BCUT2D eigenvalue weighted by atomic mass is 10.2. The van der Waals surface area contributed by atoms with Crippen molar-refractivity contribution in [2.45, 2.75) is 25.8 Å². The molecule has 76 valence electrons. The van der Waals surface area contributed by atoms with Crippen molar-refractivity contribution in [3.63, 3.8) is 0 Å². The fourth-order valence-corrected chi connectivity index (χ4v) is 2.42. The standard InChI is InChI=1S/C9H12N2O2S/c1-4-7(9(12)13)14-8(11-4)6(10)5-2-3-5/h5-6H,2-3,10H2,1H3,(H,12,13). The predicted molar refractivity (Wildman–Crippen MR) is 53.5 cm³/mol. The van der Waals surface area contributed by atoms with E-state index in [1.165, 1.54) is 11.3 Å². The van der Waals surface area contributed by atoms with Crippen LogP contribution in [-0.2, 0) is 0 Å². The van der Waals surface area contributed by atoms with Crippen LogP contribution in [0.15, 0.2) is 0 Å². The Morgan fingerprint density at radius 3 is 2.79 bits per heavy atom. The SMILES string of the molecule is Cc1nc(C(N)C2CC2)sc1C(=O)O. The minimum absolute atomic E-state index is 0.0631. The highest BCUT2D eigenvalue weighted by molar-refractivity contribution is 7.13. The van der Waals surface area contributed by atoms with E-state index in [2.05, 4.69) is 4.98 Å². The van der Waals surface area contributed by atoms with Gasteiger partial charge < -0.3 is 10.8 Å². The van der Waals surface area contributed by atoms with Gasteiger partial charge in [0.25, 0.3) is 0 Å². The van der Waals surface area contributed by atoms with Crippen LogP contribution in [0.1, 0.15) is 39.3 Å². The molecule has 5 heteroatoms. The van der Waals surface area contributed by atoms with Crippen molar-refractivity contribution in [2.24, 2.45) is 11.7 Å². The number of carbonyl (C=O) groups is 1. The van der Waals surface area contributed by atoms with Gasteiger partial charge in [0, 0.05) is 0 Å². The van der Waals surface area contributed by atoms with Crippen molar-refractivity contribution in [3.05, 3.63) is 15.6 Å². The summed E-state index contributed by atoms with van der Waals surface area (Å²) in [5.74, 6) is -0.392. The van der Waals surface area contributed by atoms with E-state index < -0.39 is 5.97 Å². The number of aromatic nitrogens is 1. The molecule has 0 radical (unpaired) electrons. The smallest absolute Gasteiger partial charge is 0.347 e. The maximum absolute atomic E-state index is 10.8. The van der Waals surface area contributed by atoms with Gasteiger partial charge in [-0.25, -0.2) is 9.78 Å². The van der Waals surface area contributed by atoms with Crippen LogP contribution in [-0.4, -0.2) is 16.1 Å². The molecule has 0 spiro atoms. The Balaban J connectivity index is 2.26. The molecule has 3 N–H and O–H groups in total. The number of hydrogen-bond donors (Lipinski definition) is 2. The second-order valence-corrected chi connectivity index (χ2v) is 4.67. The van der Waals surface area contributed by atoms with Gasteiger partial charge in [0.2, 0.25) is 0 Å². The molecule has 1 aliphatic carbocycles. The number of nitrogens with zero attached hydrogens (tertiary/aromatic N) is 1. The molecule has 0 bridgehead atoms. The van der Waals surface area contributed by atoms with Crippen molar-refractivity contribution in [3.8, 4) is 0 Å². The van der Waals surface area contributed by atoms with Crippen LogP contribution in [0.25, 0.3) is 0 Å². The molecule has 1 atom stereocenters. The number of hydrogen-bond acceptors (Lipinski definition) is 4. The first kappa shape index (κ1) is 9.61. The highest BCUT2D eigenvalue weighted by Crippen LogP contribution is 2.40. The summed E-state index contributed by atoms with van der Waals surface area (Å²) in [7, 11) is 0. The van der Waals surface area contributed by atoms with Gasteiger partial charge in [-0.05, 0) is 25.7 Å². The van der Waals surface area contributed by atoms with Gasteiger partial charge in [0.1, 0.15) is 9.88 Å². The molecule has 14 heavy (non-hydrogen) atoms. The number of thiazole rings is 1. The number of nitrogens with two attached hydrogens (primary N) is 1. The van der Waals surface area contributed by atoms with E-state index in [4.69, 9.17) is 10.8 Å². The van der Waals surface area contributed by atoms with Gasteiger partial charge in [-0.15, -0.1) is 11.3 Å². The molecule has 0 amide bonds. The van der Waals surface area contributed by atoms with Gasteiger partial charge in [0.05, 0.1) is 11.7 Å². The van der Waals surface area contributed by atoms with E-state index >= 15 is 0 Å². The summed E-state index contributed by atoms with van der Waals surface area (Å²) in [6.07, 6.45) is 2.28. The first-order chi connectivity index (χ1) is 6.59. The fraction of sp³-hybridized carbons (Fsp3) is 0.556. The maximum atomic E-state index is 10.8. The molecule has 2 rings (SSSR count). The summed E-state index contributed by atoms with van der Waals surface area (Å²) < 4.78 is 0. The first-order valence-corrected chi connectivity index (χ1v) is 5.37. The van der Waals surface area contributed by atoms with Crippen LogP contribution in [0, 0.1) is 12.8 Å². The fourth-order valence-electron chi connectivity index (χ4n) is 1.42. The number of rotatable bonds is 3. The van der Waals surface area contributed by atoms with Crippen LogP contribution < -0.4 is 5.73 Å². The molecule has 1 aromatic heterocycles. The molecule has 1 fully saturated rings. The van der Waals surface area contributed by atoms with Gasteiger partial charge in [-0.1, -0.05) is 0 Å². The van der Waals surface area contributed by atoms with Crippen molar-refractivity contribution in [1.82, 2.24) is 4.98 Å². The molecule has 1 unspecified atom stereocenters. The molecular formula is C9H12N2O2S. The van der Waals surface area contributed by atoms with Crippen LogP contribution in [0.3, 0.4) is 0 Å². The monoisotopic (exact) mass is 212 g/mol. The lowest BCUT2D eigenvalue weighted by Gasteiger charge is -2.03. The molecule has 1 saturated carbocycles. The lowest BCUT2D eigenvalue weighted by molar-refractivity contribution is 0.0701. The Hall–Kier alpha value is -0.940. The Morgan fingerprint density at radius 2 is 2.36 bits per heavy atom. The lowest BCUT2D eigenvalue weighted by Crippen LogP contribution is -2.11. The van der Waals surface area contributed by atoms with Gasteiger partial charge in [0.15, 0.2) is 0 Å². The summed E-state index contributed by atoms with van der Waals surface area (Å²) in [6, 6.07) is -0.0631. The zero-order valence-electron chi connectivity index (χ0n) is 7.86. The van der Waals surface area contributed by atoms with Crippen molar-refractivity contribution >= 4 is 17.3 Å². The second kappa shape index (κ2) is 3.33. The summed E-state index contributed by atoms with van der Waals surface area (Å²) >= 11 is 1.21. The number of aryl methyl sites for hydroxylation is 1. The summed E-state index contributed by atoms with van der Waals surface area (Å²) in [4.78, 5) is 15.3. The minimum atomic E-state index is -0.908.